The number of ketones is 1. The predicted octanol–water partition coefficient (Wildman–Crippen LogP) is 3.06. The summed E-state index contributed by atoms with van der Waals surface area (Å²) in [6.07, 6.45) is 0.623. The van der Waals surface area contributed by atoms with Gasteiger partial charge >= 0.3 is 0 Å². The molecule has 2 aromatic carbocycles. The molecular formula is C26H29N3O7. The topological polar surface area (TPSA) is 122 Å². The Labute approximate surface area is 208 Å². The Morgan fingerprint density at radius 1 is 1.14 bits per heavy atom. The van der Waals surface area contributed by atoms with Gasteiger partial charge in [-0.25, -0.2) is 0 Å². The van der Waals surface area contributed by atoms with Crippen LogP contribution in [-0.4, -0.2) is 78.0 Å². The first-order valence-electron chi connectivity index (χ1n) is 11.8. The van der Waals surface area contributed by atoms with Gasteiger partial charge in [0.25, 0.3) is 17.4 Å². The number of nitro groups is 1. The van der Waals surface area contributed by atoms with Crippen LogP contribution in [0.3, 0.4) is 0 Å². The molecule has 10 nitrogen and oxygen atoms in total. The standard InChI is InChI=1S/C26H29N3O7/c1-17-16-20(35-2)8-9-21(17)24(30)22-23(18-4-6-19(7-5-18)29(33)34)28(26(32)25(22)31)11-3-10-27-12-14-36-15-13-27/h4-9,16,23,30H,3,10-15H2,1-2H3/b24-22+/t23-/m0/s1. The number of carbonyl (C=O) groups excluding carboxylic acids is 2. The molecule has 36 heavy (non-hydrogen) atoms. The van der Waals surface area contributed by atoms with E-state index in [1.165, 1.54) is 36.3 Å². The summed E-state index contributed by atoms with van der Waals surface area (Å²) in [4.78, 5) is 40.7. The zero-order valence-electron chi connectivity index (χ0n) is 20.3. The number of non-ortho nitro benzene ring substituents is 1. The van der Waals surface area contributed by atoms with Gasteiger partial charge in [0, 0.05) is 43.9 Å². The Balaban J connectivity index is 1.71. The van der Waals surface area contributed by atoms with Crippen molar-refractivity contribution in [3.05, 3.63) is 74.8 Å². The number of benzene rings is 2. The molecule has 0 saturated carbocycles. The molecule has 10 heteroatoms. The Hall–Kier alpha value is -3.76. The predicted molar refractivity (Wildman–Crippen MR) is 132 cm³/mol. The van der Waals surface area contributed by atoms with Crippen molar-refractivity contribution in [1.29, 1.82) is 0 Å². The van der Waals surface area contributed by atoms with Gasteiger partial charge in [-0.15, -0.1) is 0 Å². The molecule has 4 rings (SSSR count). The monoisotopic (exact) mass is 495 g/mol. The molecule has 0 aromatic heterocycles. The fourth-order valence-electron chi connectivity index (χ4n) is 4.70. The van der Waals surface area contributed by atoms with Crippen molar-refractivity contribution in [1.82, 2.24) is 9.80 Å². The summed E-state index contributed by atoms with van der Waals surface area (Å²) in [5.41, 5.74) is 1.46. The van der Waals surface area contributed by atoms with Gasteiger partial charge < -0.3 is 19.5 Å². The van der Waals surface area contributed by atoms with Crippen LogP contribution in [0.1, 0.15) is 29.2 Å². The number of methoxy groups -OCH3 is 1. The number of hydrogen-bond acceptors (Lipinski definition) is 8. The number of carbonyl (C=O) groups is 2. The molecule has 2 aromatic rings. The third kappa shape index (κ3) is 5.09. The van der Waals surface area contributed by atoms with E-state index in [1.54, 1.807) is 25.1 Å². The highest BCUT2D eigenvalue weighted by Gasteiger charge is 2.46. The van der Waals surface area contributed by atoms with E-state index in [0.717, 1.165) is 19.6 Å². The Morgan fingerprint density at radius 3 is 2.44 bits per heavy atom. The number of morpholine rings is 1. The van der Waals surface area contributed by atoms with E-state index in [4.69, 9.17) is 9.47 Å². The van der Waals surface area contributed by atoms with Crippen LogP contribution >= 0.6 is 0 Å². The quantitative estimate of drug-likeness (QED) is 0.195. The molecule has 1 atom stereocenters. The Morgan fingerprint density at radius 2 is 1.83 bits per heavy atom. The molecule has 2 aliphatic rings. The third-order valence-electron chi connectivity index (χ3n) is 6.63. The van der Waals surface area contributed by atoms with Gasteiger partial charge in [0.05, 0.1) is 36.9 Å². The third-order valence-corrected chi connectivity index (χ3v) is 6.63. The van der Waals surface area contributed by atoms with Crippen LogP contribution in [0.2, 0.25) is 0 Å². The summed E-state index contributed by atoms with van der Waals surface area (Å²) >= 11 is 0. The van der Waals surface area contributed by atoms with Gasteiger partial charge in [-0.1, -0.05) is 0 Å². The lowest BCUT2D eigenvalue weighted by atomic mass is 9.93. The minimum absolute atomic E-state index is 0.0338. The minimum atomic E-state index is -0.864. The molecule has 2 aliphatic heterocycles. The molecule has 0 aliphatic carbocycles. The molecule has 2 saturated heterocycles. The Kier molecular flexibility index (Phi) is 7.66. The second-order valence-corrected chi connectivity index (χ2v) is 8.83. The van der Waals surface area contributed by atoms with Crippen LogP contribution < -0.4 is 4.74 Å². The van der Waals surface area contributed by atoms with E-state index < -0.39 is 22.7 Å². The fraction of sp³-hybridized carbons (Fsp3) is 0.385. The van der Waals surface area contributed by atoms with Crippen LogP contribution in [0.4, 0.5) is 5.69 Å². The maximum absolute atomic E-state index is 13.2. The van der Waals surface area contributed by atoms with Gasteiger partial charge in [-0.3, -0.25) is 24.6 Å². The Bertz CT molecular complexity index is 1190. The fourth-order valence-corrected chi connectivity index (χ4v) is 4.70. The van der Waals surface area contributed by atoms with Crippen molar-refractivity contribution >= 4 is 23.1 Å². The SMILES string of the molecule is COc1ccc(/C(O)=C2\C(=O)C(=O)N(CCCN3CCOCC3)[C@H]2c2ccc([N+](=O)[O-])cc2)c(C)c1. The van der Waals surface area contributed by atoms with Crippen molar-refractivity contribution in [2.24, 2.45) is 0 Å². The van der Waals surface area contributed by atoms with Gasteiger partial charge in [0.2, 0.25) is 0 Å². The molecule has 0 unspecified atom stereocenters. The first-order valence-corrected chi connectivity index (χ1v) is 11.8. The van der Waals surface area contributed by atoms with Crippen LogP contribution in [0.5, 0.6) is 5.75 Å². The lowest BCUT2D eigenvalue weighted by molar-refractivity contribution is -0.384. The van der Waals surface area contributed by atoms with E-state index in [0.29, 0.717) is 48.6 Å². The zero-order chi connectivity index (χ0) is 25.8. The number of aliphatic hydroxyl groups is 1. The van der Waals surface area contributed by atoms with Crippen molar-refractivity contribution in [3.8, 4) is 5.75 Å². The highest BCUT2D eigenvalue weighted by atomic mass is 16.6. The normalized spacial score (nSPS) is 20.1. The van der Waals surface area contributed by atoms with Crippen LogP contribution in [0, 0.1) is 17.0 Å². The maximum Gasteiger partial charge on any atom is 0.295 e. The number of likely N-dealkylation sites (tertiary alicyclic amines) is 1. The van der Waals surface area contributed by atoms with Crippen molar-refractivity contribution < 1.29 is 29.1 Å². The first kappa shape index (κ1) is 25.3. The second kappa shape index (κ2) is 10.9. The van der Waals surface area contributed by atoms with Gasteiger partial charge in [-0.2, -0.15) is 0 Å². The van der Waals surface area contributed by atoms with Crippen molar-refractivity contribution in [2.75, 3.05) is 46.5 Å². The summed E-state index contributed by atoms with van der Waals surface area (Å²) in [5.74, 6) is -1.17. The number of aliphatic hydroxyl groups excluding tert-OH is 1. The van der Waals surface area contributed by atoms with Gasteiger partial charge in [0.15, 0.2) is 0 Å². The number of aryl methyl sites for hydroxylation is 1. The molecule has 1 N–H and O–H groups in total. The summed E-state index contributed by atoms with van der Waals surface area (Å²) < 4.78 is 10.6. The maximum atomic E-state index is 13.2. The van der Waals surface area contributed by atoms with E-state index >= 15 is 0 Å². The number of nitro benzene ring substituents is 1. The summed E-state index contributed by atoms with van der Waals surface area (Å²) in [5, 5.41) is 22.4. The van der Waals surface area contributed by atoms with Crippen LogP contribution in [0.25, 0.3) is 5.76 Å². The molecule has 0 radical (unpaired) electrons. The van der Waals surface area contributed by atoms with Crippen LogP contribution in [0.15, 0.2) is 48.0 Å². The second-order valence-electron chi connectivity index (χ2n) is 8.83. The van der Waals surface area contributed by atoms with Crippen molar-refractivity contribution in [2.45, 2.75) is 19.4 Å². The lowest BCUT2D eigenvalue weighted by Crippen LogP contribution is -2.38. The van der Waals surface area contributed by atoms with E-state index in [-0.39, 0.29) is 17.0 Å². The number of amides is 1. The number of nitrogens with zero attached hydrogens (tertiary/aromatic N) is 3. The molecule has 2 fully saturated rings. The molecule has 2 heterocycles. The molecular weight excluding hydrogens is 466 g/mol. The largest absolute Gasteiger partial charge is 0.507 e. The number of rotatable bonds is 8. The van der Waals surface area contributed by atoms with Gasteiger partial charge in [0.1, 0.15) is 11.5 Å². The molecule has 1 amide bonds. The summed E-state index contributed by atoms with van der Waals surface area (Å²) in [6, 6.07) is 9.90. The van der Waals surface area contributed by atoms with Crippen LogP contribution in [-0.2, 0) is 14.3 Å². The number of hydrogen-bond donors (Lipinski definition) is 1. The average molecular weight is 496 g/mol. The lowest BCUT2D eigenvalue weighted by Gasteiger charge is -2.29. The molecule has 190 valence electrons. The molecule has 0 bridgehead atoms. The first-order chi connectivity index (χ1) is 17.3. The zero-order valence-corrected chi connectivity index (χ0v) is 20.3. The molecule has 0 spiro atoms. The van der Waals surface area contributed by atoms with E-state index in [9.17, 15) is 24.8 Å². The highest BCUT2D eigenvalue weighted by Crippen LogP contribution is 2.40. The average Bonchev–Trinajstić information content (AvgIpc) is 3.14. The highest BCUT2D eigenvalue weighted by molar-refractivity contribution is 6.46. The smallest absolute Gasteiger partial charge is 0.295 e. The van der Waals surface area contributed by atoms with Crippen molar-refractivity contribution in [3.63, 3.8) is 0 Å². The number of ether oxygens (including phenoxy) is 2. The minimum Gasteiger partial charge on any atom is -0.507 e. The van der Waals surface area contributed by atoms with Gasteiger partial charge in [-0.05, 0) is 54.8 Å². The number of Topliss-reactive ketones (excluding diaryl/α,β-unsaturated/α-hetero) is 1. The summed E-state index contributed by atoms with van der Waals surface area (Å²) in [7, 11) is 1.53. The summed E-state index contributed by atoms with van der Waals surface area (Å²) in [6.45, 7) is 5.74. The van der Waals surface area contributed by atoms with E-state index in [2.05, 4.69) is 4.90 Å². The van der Waals surface area contributed by atoms with E-state index in [1.807, 2.05) is 0 Å².